The monoisotopic (exact) mass is 608 g/mol. The van der Waals surface area contributed by atoms with Crippen LogP contribution in [-0.4, -0.2) is 95.8 Å². The number of nitrogens with zero attached hydrogens (tertiary/aromatic N) is 1. The zero-order chi connectivity index (χ0) is 30.3. The predicted molar refractivity (Wildman–Crippen MR) is 151 cm³/mol. The van der Waals surface area contributed by atoms with Crippen molar-refractivity contribution in [2.45, 2.75) is 63.6 Å². The standard InChI is InChI=1S/C28H36N2O11S/c31-20-14-23(28(35)36)41-27(15-20)40-22-16-21(6-5-19(22)17-38-18-42)39-13-12-37-11-9-29-24(32)4-2-1-3-10-30-25(33)7-8-26(30)34/h5-8,16,18,20,23,27,31H,1-4,9-15,17H2,(H,29,32)(H,35,36). The lowest BCUT2D eigenvalue weighted by atomic mass is 10.1. The Hall–Kier alpha value is -3.59. The first-order chi connectivity index (χ1) is 20.3. The van der Waals surface area contributed by atoms with Gasteiger partial charge in [0, 0.05) is 56.1 Å². The summed E-state index contributed by atoms with van der Waals surface area (Å²) in [5.74, 6) is -1.06. The second-order valence-electron chi connectivity index (χ2n) is 9.60. The van der Waals surface area contributed by atoms with Gasteiger partial charge < -0.3 is 39.2 Å². The van der Waals surface area contributed by atoms with Gasteiger partial charge in [-0.25, -0.2) is 4.79 Å². The van der Waals surface area contributed by atoms with Crippen LogP contribution in [0.25, 0.3) is 0 Å². The van der Waals surface area contributed by atoms with Gasteiger partial charge >= 0.3 is 5.97 Å². The number of hydrogen-bond donors (Lipinski definition) is 3. The molecule has 3 unspecified atom stereocenters. The molecule has 3 amide bonds. The summed E-state index contributed by atoms with van der Waals surface area (Å²) in [6, 6.07) is 5.04. The van der Waals surface area contributed by atoms with Gasteiger partial charge in [-0.2, -0.15) is 0 Å². The third kappa shape index (κ3) is 11.0. The Kier molecular flexibility index (Phi) is 13.6. The molecule has 42 heavy (non-hydrogen) atoms. The van der Waals surface area contributed by atoms with E-state index in [9.17, 15) is 29.4 Å². The van der Waals surface area contributed by atoms with Crippen molar-refractivity contribution in [2.24, 2.45) is 0 Å². The maximum atomic E-state index is 12.0. The average Bonchev–Trinajstić information content (AvgIpc) is 3.28. The molecule has 0 aromatic heterocycles. The normalized spacial score (nSPS) is 19.9. The van der Waals surface area contributed by atoms with Gasteiger partial charge in [0.25, 0.3) is 11.8 Å². The highest BCUT2D eigenvalue weighted by Crippen LogP contribution is 2.30. The van der Waals surface area contributed by atoms with Crippen LogP contribution >= 0.6 is 12.2 Å². The first kappa shape index (κ1) is 32.9. The third-order valence-electron chi connectivity index (χ3n) is 6.40. The summed E-state index contributed by atoms with van der Waals surface area (Å²) in [4.78, 5) is 47.5. The summed E-state index contributed by atoms with van der Waals surface area (Å²) in [5, 5.41) is 22.1. The molecule has 1 saturated heterocycles. The van der Waals surface area contributed by atoms with Crippen molar-refractivity contribution < 1.29 is 53.1 Å². The number of nitrogens with one attached hydrogen (secondary N) is 1. The second kappa shape index (κ2) is 17.4. The molecule has 2 heterocycles. The summed E-state index contributed by atoms with van der Waals surface area (Å²) in [6.45, 7) is 1.61. The van der Waals surface area contributed by atoms with E-state index in [4.69, 9.17) is 35.9 Å². The fraction of sp³-hybridized carbons (Fsp3) is 0.536. The molecule has 230 valence electrons. The number of thiocarbonyl (C=S) groups is 1. The van der Waals surface area contributed by atoms with Gasteiger partial charge in [0.1, 0.15) is 30.3 Å². The van der Waals surface area contributed by atoms with Crippen LogP contribution in [0.2, 0.25) is 0 Å². The predicted octanol–water partition coefficient (Wildman–Crippen LogP) is 1.49. The number of carbonyl (C=O) groups is 4. The van der Waals surface area contributed by atoms with Crippen LogP contribution in [0.15, 0.2) is 30.4 Å². The largest absolute Gasteiger partial charge is 0.491 e. The number of aliphatic hydroxyl groups excluding tert-OH is 1. The van der Waals surface area contributed by atoms with E-state index in [2.05, 4.69) is 5.32 Å². The van der Waals surface area contributed by atoms with Crippen molar-refractivity contribution in [1.29, 1.82) is 0 Å². The summed E-state index contributed by atoms with van der Waals surface area (Å²) < 4.78 is 27.8. The van der Waals surface area contributed by atoms with E-state index in [-0.39, 0.29) is 50.4 Å². The fourth-order valence-electron chi connectivity index (χ4n) is 4.27. The Labute approximate surface area is 248 Å². The Morgan fingerprint density at radius 2 is 1.88 bits per heavy atom. The summed E-state index contributed by atoms with van der Waals surface area (Å²) >= 11 is 4.71. The van der Waals surface area contributed by atoms with Crippen LogP contribution in [0.4, 0.5) is 0 Å². The van der Waals surface area contributed by atoms with Crippen LogP contribution in [-0.2, 0) is 40.0 Å². The van der Waals surface area contributed by atoms with Crippen molar-refractivity contribution in [3.8, 4) is 11.5 Å². The molecule has 3 atom stereocenters. The van der Waals surface area contributed by atoms with E-state index in [0.717, 1.165) is 12.0 Å². The molecule has 2 aliphatic rings. The van der Waals surface area contributed by atoms with Gasteiger partial charge in [-0.05, 0) is 37.2 Å². The number of amides is 3. The van der Waals surface area contributed by atoms with Gasteiger partial charge in [-0.15, -0.1) is 0 Å². The molecule has 1 aromatic rings. The zero-order valence-electron chi connectivity index (χ0n) is 23.1. The van der Waals surface area contributed by atoms with E-state index in [1.807, 2.05) is 0 Å². The lowest BCUT2D eigenvalue weighted by Crippen LogP contribution is -2.42. The molecule has 1 aromatic carbocycles. The first-order valence-electron chi connectivity index (χ1n) is 13.7. The molecule has 0 aliphatic carbocycles. The lowest BCUT2D eigenvalue weighted by molar-refractivity contribution is -0.195. The molecule has 14 heteroatoms. The molecule has 3 N–H and O–H groups in total. The highest BCUT2D eigenvalue weighted by Gasteiger charge is 2.34. The van der Waals surface area contributed by atoms with Crippen molar-refractivity contribution in [3.05, 3.63) is 35.9 Å². The number of imide groups is 1. The quantitative estimate of drug-likeness (QED) is 0.118. The Bertz CT molecular complexity index is 1110. The van der Waals surface area contributed by atoms with E-state index < -0.39 is 24.5 Å². The van der Waals surface area contributed by atoms with Crippen LogP contribution < -0.4 is 14.8 Å². The smallest absolute Gasteiger partial charge is 0.333 e. The second-order valence-corrected chi connectivity index (χ2v) is 9.79. The Morgan fingerprint density at radius 1 is 1.10 bits per heavy atom. The summed E-state index contributed by atoms with van der Waals surface area (Å²) in [6.07, 6.45) is 1.95. The molecule has 13 nitrogen and oxygen atoms in total. The summed E-state index contributed by atoms with van der Waals surface area (Å²) in [5.41, 5.74) is 1.75. The number of hydrogen-bond acceptors (Lipinski definition) is 11. The minimum Gasteiger partial charge on any atom is -0.491 e. The van der Waals surface area contributed by atoms with Gasteiger partial charge in [-0.1, -0.05) is 6.42 Å². The van der Waals surface area contributed by atoms with Crippen molar-refractivity contribution in [1.82, 2.24) is 10.2 Å². The molecule has 0 saturated carbocycles. The number of ether oxygens (including phenoxy) is 5. The Balaban J connectivity index is 1.31. The maximum Gasteiger partial charge on any atom is 0.333 e. The third-order valence-corrected chi connectivity index (χ3v) is 6.53. The topological polar surface area (TPSA) is 170 Å². The van der Waals surface area contributed by atoms with Crippen LogP contribution in [0.1, 0.15) is 44.1 Å². The van der Waals surface area contributed by atoms with Gasteiger partial charge in [-0.3, -0.25) is 19.3 Å². The number of carboxylic acids is 1. The number of benzene rings is 1. The van der Waals surface area contributed by atoms with E-state index >= 15 is 0 Å². The van der Waals surface area contributed by atoms with E-state index in [1.165, 1.54) is 17.1 Å². The minimum atomic E-state index is -1.18. The number of aliphatic hydroxyl groups is 1. The number of carbonyl (C=O) groups excluding carboxylic acids is 3. The maximum absolute atomic E-state index is 12.0. The number of aliphatic carboxylic acids is 1. The van der Waals surface area contributed by atoms with E-state index in [0.29, 0.717) is 56.0 Å². The van der Waals surface area contributed by atoms with Crippen molar-refractivity contribution in [3.63, 3.8) is 0 Å². The van der Waals surface area contributed by atoms with Gasteiger partial charge in [0.2, 0.25) is 12.2 Å². The van der Waals surface area contributed by atoms with Gasteiger partial charge in [0.15, 0.2) is 6.10 Å². The molecule has 0 radical (unpaired) electrons. The molecule has 0 spiro atoms. The van der Waals surface area contributed by atoms with Crippen LogP contribution in [0.5, 0.6) is 11.5 Å². The number of unbranched alkanes of at least 4 members (excludes halogenated alkanes) is 2. The van der Waals surface area contributed by atoms with Crippen molar-refractivity contribution in [2.75, 3.05) is 32.9 Å². The minimum absolute atomic E-state index is 0.0196. The molecule has 1 fully saturated rings. The molecule has 3 rings (SSSR count). The highest BCUT2D eigenvalue weighted by atomic mass is 32.1. The van der Waals surface area contributed by atoms with Crippen molar-refractivity contribution >= 4 is 41.5 Å². The molecular weight excluding hydrogens is 572 g/mol. The lowest BCUT2D eigenvalue weighted by Gasteiger charge is -2.31. The van der Waals surface area contributed by atoms with Crippen LogP contribution in [0.3, 0.4) is 0 Å². The van der Waals surface area contributed by atoms with E-state index in [1.54, 1.807) is 18.2 Å². The number of carboxylic acid groups (broad SMARTS) is 1. The average molecular weight is 609 g/mol. The molecular formula is C28H36N2O11S. The SMILES string of the molecule is O=C(CCCCCN1C(=O)C=CC1=O)NCCOCCOc1ccc(COC=S)c(OC2CC(O)CC(C(=O)O)O2)c1. The number of rotatable bonds is 19. The molecule has 2 aliphatic heterocycles. The zero-order valence-corrected chi connectivity index (χ0v) is 23.9. The highest BCUT2D eigenvalue weighted by molar-refractivity contribution is 7.78. The first-order valence-corrected chi connectivity index (χ1v) is 14.2. The Morgan fingerprint density at radius 3 is 2.62 bits per heavy atom. The summed E-state index contributed by atoms with van der Waals surface area (Å²) in [7, 11) is 0. The fourth-order valence-corrected chi connectivity index (χ4v) is 4.34. The molecule has 0 bridgehead atoms. The van der Waals surface area contributed by atoms with Crippen LogP contribution in [0, 0.1) is 0 Å². The van der Waals surface area contributed by atoms with Gasteiger partial charge in [0.05, 0.1) is 19.3 Å².